The van der Waals surface area contributed by atoms with Crippen LogP contribution in [0.4, 0.5) is 0 Å². The van der Waals surface area contributed by atoms with E-state index in [2.05, 4.69) is 25.8 Å². The average Bonchev–Trinajstić information content (AvgIpc) is 2.64. The number of nitrogens with zero attached hydrogens (tertiary/aromatic N) is 3. The van der Waals surface area contributed by atoms with E-state index in [1.165, 1.54) is 0 Å². The summed E-state index contributed by atoms with van der Waals surface area (Å²) in [4.78, 5) is 34.1. The Morgan fingerprint density at radius 3 is 2.73 bits per heavy atom. The molecule has 1 aliphatic rings. The molecule has 2 atom stereocenters. The molecule has 0 aliphatic carbocycles. The van der Waals surface area contributed by atoms with Crippen LogP contribution in [0.1, 0.15) is 65.0 Å². The number of aromatic nitrogens is 1. The van der Waals surface area contributed by atoms with Gasteiger partial charge in [0.15, 0.2) is 0 Å². The highest BCUT2D eigenvalue weighted by Gasteiger charge is 2.42. The van der Waals surface area contributed by atoms with Gasteiger partial charge in [0, 0.05) is 38.4 Å². The average molecular weight is 360 g/mol. The number of hydrogen-bond donors (Lipinski definition) is 0. The van der Waals surface area contributed by atoms with E-state index in [0.29, 0.717) is 31.8 Å². The maximum Gasteiger partial charge on any atom is 0.228 e. The first-order valence-electron chi connectivity index (χ1n) is 9.97. The lowest BCUT2D eigenvalue weighted by atomic mass is 9.83. The molecule has 0 unspecified atom stereocenters. The molecule has 1 aromatic heterocycles. The summed E-state index contributed by atoms with van der Waals surface area (Å²) in [7, 11) is 0. The minimum atomic E-state index is -0.212. The fourth-order valence-electron chi connectivity index (χ4n) is 3.79. The Bertz CT molecular complexity index is 588. The summed E-state index contributed by atoms with van der Waals surface area (Å²) in [5.41, 5.74) is 0.964. The molecule has 0 spiro atoms. The molecule has 2 heterocycles. The monoisotopic (exact) mass is 359 g/mol. The molecule has 1 fully saturated rings. The van der Waals surface area contributed by atoms with Gasteiger partial charge < -0.3 is 9.80 Å². The third kappa shape index (κ3) is 4.83. The lowest BCUT2D eigenvalue weighted by Gasteiger charge is -2.43. The van der Waals surface area contributed by atoms with Crippen LogP contribution >= 0.6 is 0 Å². The second-order valence-electron chi connectivity index (χ2n) is 7.59. The number of carbonyl (C=O) groups is 2. The van der Waals surface area contributed by atoms with E-state index in [1.54, 1.807) is 12.4 Å². The molecule has 1 saturated heterocycles. The van der Waals surface area contributed by atoms with Crippen LogP contribution in [0.5, 0.6) is 0 Å². The van der Waals surface area contributed by atoms with E-state index in [1.807, 2.05) is 28.9 Å². The van der Waals surface area contributed by atoms with Gasteiger partial charge in [-0.1, -0.05) is 33.3 Å². The molecule has 2 rings (SSSR count). The first-order chi connectivity index (χ1) is 12.5. The summed E-state index contributed by atoms with van der Waals surface area (Å²) in [6.07, 6.45) is 6.69. The molecule has 2 amide bonds. The molecule has 0 aromatic carbocycles. The van der Waals surface area contributed by atoms with Gasteiger partial charge in [-0.15, -0.1) is 0 Å². The molecule has 0 saturated carbocycles. The molecule has 144 valence electrons. The zero-order valence-electron chi connectivity index (χ0n) is 16.6. The van der Waals surface area contributed by atoms with E-state index >= 15 is 0 Å². The van der Waals surface area contributed by atoms with Gasteiger partial charge in [-0.3, -0.25) is 14.6 Å². The Hall–Kier alpha value is -1.91. The van der Waals surface area contributed by atoms with E-state index in [9.17, 15) is 9.59 Å². The van der Waals surface area contributed by atoms with Gasteiger partial charge in [-0.25, -0.2) is 0 Å². The maximum atomic E-state index is 13.3. The van der Waals surface area contributed by atoms with Gasteiger partial charge >= 0.3 is 0 Å². The third-order valence-electron chi connectivity index (χ3n) is 5.09. The number of likely N-dealkylation sites (tertiary alicyclic amines) is 1. The largest absolute Gasteiger partial charge is 0.343 e. The number of carbonyl (C=O) groups excluding carboxylic acids is 2. The number of hydrogen-bond acceptors (Lipinski definition) is 3. The topological polar surface area (TPSA) is 53.5 Å². The number of amides is 2. The van der Waals surface area contributed by atoms with Crippen LogP contribution in [0.15, 0.2) is 24.5 Å². The molecule has 5 nitrogen and oxygen atoms in total. The first-order valence-corrected chi connectivity index (χ1v) is 9.97. The highest BCUT2D eigenvalue weighted by molar-refractivity contribution is 5.85. The number of rotatable bonds is 8. The SMILES string of the molecule is CCCCN(CC)C(=O)[C@@H]1CCC(=O)N(CC(C)C)[C@H]1c1cccnc1. The second kappa shape index (κ2) is 9.70. The molecule has 0 radical (unpaired) electrons. The van der Waals surface area contributed by atoms with Crippen molar-refractivity contribution in [1.29, 1.82) is 0 Å². The quantitative estimate of drug-likeness (QED) is 0.712. The van der Waals surface area contributed by atoms with Crippen molar-refractivity contribution < 1.29 is 9.59 Å². The van der Waals surface area contributed by atoms with Gasteiger partial charge in [0.2, 0.25) is 11.8 Å². The van der Waals surface area contributed by atoms with Gasteiger partial charge in [0.1, 0.15) is 0 Å². The molecule has 0 N–H and O–H groups in total. The number of piperidine rings is 1. The first kappa shape index (κ1) is 20.4. The van der Waals surface area contributed by atoms with Crippen molar-refractivity contribution in [3.8, 4) is 0 Å². The highest BCUT2D eigenvalue weighted by atomic mass is 16.2. The zero-order chi connectivity index (χ0) is 19.1. The smallest absolute Gasteiger partial charge is 0.228 e. The van der Waals surface area contributed by atoms with E-state index in [4.69, 9.17) is 0 Å². The van der Waals surface area contributed by atoms with Crippen molar-refractivity contribution in [2.75, 3.05) is 19.6 Å². The van der Waals surface area contributed by atoms with Crippen LogP contribution in [0.25, 0.3) is 0 Å². The maximum absolute atomic E-state index is 13.3. The molecular weight excluding hydrogens is 326 g/mol. The minimum Gasteiger partial charge on any atom is -0.343 e. The number of pyridine rings is 1. The Morgan fingerprint density at radius 1 is 1.38 bits per heavy atom. The van der Waals surface area contributed by atoms with Crippen molar-refractivity contribution in [3.63, 3.8) is 0 Å². The van der Waals surface area contributed by atoms with Crippen molar-refractivity contribution in [1.82, 2.24) is 14.8 Å². The Labute approximate surface area is 157 Å². The normalized spacial score (nSPS) is 20.5. The summed E-state index contributed by atoms with van der Waals surface area (Å²) in [6.45, 7) is 10.6. The van der Waals surface area contributed by atoms with Crippen LogP contribution in [-0.4, -0.2) is 46.2 Å². The Kier molecular flexibility index (Phi) is 7.61. The predicted octanol–water partition coefficient (Wildman–Crippen LogP) is 3.67. The molecule has 1 aromatic rings. The molecule has 5 heteroatoms. The van der Waals surface area contributed by atoms with Crippen molar-refractivity contribution >= 4 is 11.8 Å². The van der Waals surface area contributed by atoms with Crippen LogP contribution in [0.3, 0.4) is 0 Å². The van der Waals surface area contributed by atoms with Crippen molar-refractivity contribution in [3.05, 3.63) is 30.1 Å². The van der Waals surface area contributed by atoms with Crippen LogP contribution in [-0.2, 0) is 9.59 Å². The lowest BCUT2D eigenvalue weighted by molar-refractivity contribution is -0.148. The third-order valence-corrected chi connectivity index (χ3v) is 5.09. The predicted molar refractivity (Wildman–Crippen MR) is 103 cm³/mol. The summed E-state index contributed by atoms with van der Waals surface area (Å²) in [5, 5.41) is 0. The zero-order valence-corrected chi connectivity index (χ0v) is 16.6. The Balaban J connectivity index is 2.35. The number of unbranched alkanes of at least 4 members (excludes halogenated alkanes) is 1. The molecule has 1 aliphatic heterocycles. The van der Waals surface area contributed by atoms with Gasteiger partial charge in [-0.05, 0) is 37.3 Å². The second-order valence-corrected chi connectivity index (χ2v) is 7.59. The van der Waals surface area contributed by atoms with Gasteiger partial charge in [0.05, 0.1) is 12.0 Å². The lowest BCUT2D eigenvalue weighted by Crippen LogP contribution is -2.50. The van der Waals surface area contributed by atoms with Crippen LogP contribution < -0.4 is 0 Å². The fourth-order valence-corrected chi connectivity index (χ4v) is 3.79. The molecular formula is C21H33N3O2. The van der Waals surface area contributed by atoms with E-state index < -0.39 is 0 Å². The van der Waals surface area contributed by atoms with Gasteiger partial charge in [-0.2, -0.15) is 0 Å². The highest BCUT2D eigenvalue weighted by Crippen LogP contribution is 2.38. The molecule has 26 heavy (non-hydrogen) atoms. The van der Waals surface area contributed by atoms with Crippen molar-refractivity contribution in [2.24, 2.45) is 11.8 Å². The minimum absolute atomic E-state index is 0.146. The molecule has 0 bridgehead atoms. The van der Waals surface area contributed by atoms with Crippen molar-refractivity contribution in [2.45, 2.75) is 59.4 Å². The summed E-state index contributed by atoms with van der Waals surface area (Å²) in [6, 6.07) is 3.67. The van der Waals surface area contributed by atoms with Crippen LogP contribution in [0, 0.1) is 11.8 Å². The fraction of sp³-hybridized carbons (Fsp3) is 0.667. The van der Waals surface area contributed by atoms with E-state index in [0.717, 1.165) is 24.9 Å². The summed E-state index contributed by atoms with van der Waals surface area (Å²) >= 11 is 0. The van der Waals surface area contributed by atoms with Gasteiger partial charge in [0.25, 0.3) is 0 Å². The Morgan fingerprint density at radius 2 is 2.15 bits per heavy atom. The van der Waals surface area contributed by atoms with E-state index in [-0.39, 0.29) is 23.8 Å². The summed E-state index contributed by atoms with van der Waals surface area (Å²) < 4.78 is 0. The standard InChI is InChI=1S/C21H33N3O2/c1-5-7-13-23(6-2)21(26)18-10-11-19(25)24(15-16(3)4)20(18)17-9-8-12-22-14-17/h8-9,12,14,16,18,20H,5-7,10-11,13,15H2,1-4H3/t18-,20+/m1/s1. The summed E-state index contributed by atoms with van der Waals surface area (Å²) in [5.74, 6) is 0.492. The van der Waals surface area contributed by atoms with Crippen LogP contribution in [0.2, 0.25) is 0 Å².